The Bertz CT molecular complexity index is 232. The third-order valence-corrected chi connectivity index (χ3v) is 3.98. The molecule has 5 heteroatoms. The van der Waals surface area contributed by atoms with Gasteiger partial charge in [0, 0.05) is 19.7 Å². The van der Waals surface area contributed by atoms with E-state index in [1.807, 2.05) is 6.92 Å². The maximum atomic E-state index is 11.6. The third kappa shape index (κ3) is 3.25. The lowest BCUT2D eigenvalue weighted by Crippen LogP contribution is -2.31. The lowest BCUT2D eigenvalue weighted by molar-refractivity contribution is 0.162. The normalized spacial score (nSPS) is 19.5. The molecule has 0 amide bonds. The molecule has 0 saturated carbocycles. The molecule has 4 nitrogen and oxygen atoms in total. The van der Waals surface area contributed by atoms with Crippen LogP contribution in [0.4, 0.5) is 0 Å². The van der Waals surface area contributed by atoms with Crippen molar-refractivity contribution in [3.8, 4) is 0 Å². The first-order chi connectivity index (χ1) is 6.17. The molecule has 1 rings (SSSR count). The van der Waals surface area contributed by atoms with Gasteiger partial charge < -0.3 is 4.74 Å². The summed E-state index contributed by atoms with van der Waals surface area (Å²) in [5, 5.41) is 0. The summed E-state index contributed by atoms with van der Waals surface area (Å²) in [5.41, 5.74) is 0. The van der Waals surface area contributed by atoms with Crippen LogP contribution in [0.1, 0.15) is 19.8 Å². The van der Waals surface area contributed by atoms with Gasteiger partial charge in [0.1, 0.15) is 0 Å². The highest BCUT2D eigenvalue weighted by atomic mass is 32.2. The van der Waals surface area contributed by atoms with Crippen molar-refractivity contribution in [2.24, 2.45) is 0 Å². The second-order valence-corrected chi connectivity index (χ2v) is 5.21. The molecule has 1 saturated heterocycles. The third-order valence-electron chi connectivity index (χ3n) is 2.15. The summed E-state index contributed by atoms with van der Waals surface area (Å²) >= 11 is 0. The molecule has 13 heavy (non-hydrogen) atoms. The van der Waals surface area contributed by atoms with E-state index in [-0.39, 0.29) is 5.75 Å². The summed E-state index contributed by atoms with van der Waals surface area (Å²) in [6.45, 7) is 4.14. The second kappa shape index (κ2) is 4.93. The molecule has 0 aromatic rings. The fourth-order valence-corrected chi connectivity index (χ4v) is 2.81. The van der Waals surface area contributed by atoms with Crippen LogP contribution >= 0.6 is 0 Å². The monoisotopic (exact) mass is 207 g/mol. The Hall–Kier alpha value is -0.130. The van der Waals surface area contributed by atoms with E-state index in [2.05, 4.69) is 0 Å². The van der Waals surface area contributed by atoms with Gasteiger partial charge in [-0.3, -0.25) is 0 Å². The van der Waals surface area contributed by atoms with Gasteiger partial charge in [-0.2, -0.15) is 0 Å². The molecule has 0 bridgehead atoms. The van der Waals surface area contributed by atoms with Crippen LogP contribution in [0.3, 0.4) is 0 Å². The van der Waals surface area contributed by atoms with E-state index in [0.29, 0.717) is 26.3 Å². The van der Waals surface area contributed by atoms with Gasteiger partial charge in [-0.15, -0.1) is 0 Å². The van der Waals surface area contributed by atoms with Crippen LogP contribution in [0.5, 0.6) is 0 Å². The second-order valence-electron chi connectivity index (χ2n) is 3.12. The first kappa shape index (κ1) is 10.9. The summed E-state index contributed by atoms with van der Waals surface area (Å²) in [6.07, 6.45) is 1.99. The number of hydrogen-bond acceptors (Lipinski definition) is 3. The maximum Gasteiger partial charge on any atom is 0.216 e. The number of sulfonamides is 1. The molecule has 0 unspecified atom stereocenters. The lowest BCUT2D eigenvalue weighted by Gasteiger charge is -2.14. The zero-order valence-corrected chi connectivity index (χ0v) is 8.85. The summed E-state index contributed by atoms with van der Waals surface area (Å²) in [4.78, 5) is 0. The Morgan fingerprint density at radius 1 is 1.31 bits per heavy atom. The Morgan fingerprint density at radius 2 is 1.92 bits per heavy atom. The van der Waals surface area contributed by atoms with Gasteiger partial charge in [0.05, 0.1) is 12.4 Å². The van der Waals surface area contributed by atoms with Crippen LogP contribution in [0.25, 0.3) is 0 Å². The highest BCUT2D eigenvalue weighted by Crippen LogP contribution is 2.12. The molecule has 0 aromatic heterocycles. The van der Waals surface area contributed by atoms with Crippen LogP contribution in [0.2, 0.25) is 0 Å². The molecule has 0 radical (unpaired) electrons. The van der Waals surface area contributed by atoms with E-state index in [1.165, 1.54) is 0 Å². The molecule has 1 fully saturated rings. The zero-order valence-electron chi connectivity index (χ0n) is 8.03. The van der Waals surface area contributed by atoms with E-state index < -0.39 is 10.0 Å². The van der Waals surface area contributed by atoms with Gasteiger partial charge in [0.15, 0.2) is 0 Å². The Kier molecular flexibility index (Phi) is 4.15. The van der Waals surface area contributed by atoms with Crippen molar-refractivity contribution >= 4 is 10.0 Å². The molecule has 0 aliphatic carbocycles. The van der Waals surface area contributed by atoms with Gasteiger partial charge in [-0.1, -0.05) is 0 Å². The lowest BCUT2D eigenvalue weighted by atomic mass is 10.4. The van der Waals surface area contributed by atoms with Gasteiger partial charge >= 0.3 is 0 Å². The molecule has 1 heterocycles. The number of nitrogens with zero attached hydrogens (tertiary/aromatic N) is 1. The molecule has 1 aliphatic rings. The van der Waals surface area contributed by atoms with Crippen molar-refractivity contribution in [3.05, 3.63) is 0 Å². The standard InChI is InChI=1S/C8H17NO3S/c1-2-12-7-8-13(10,11)9-5-3-4-6-9/h2-8H2,1H3. The van der Waals surface area contributed by atoms with E-state index >= 15 is 0 Å². The van der Waals surface area contributed by atoms with Crippen molar-refractivity contribution in [1.29, 1.82) is 0 Å². The first-order valence-electron chi connectivity index (χ1n) is 4.72. The Balaban J connectivity index is 2.36. The van der Waals surface area contributed by atoms with Crippen LogP contribution in [-0.2, 0) is 14.8 Å². The van der Waals surface area contributed by atoms with E-state index in [0.717, 1.165) is 12.8 Å². The zero-order chi connectivity index (χ0) is 9.73. The quantitative estimate of drug-likeness (QED) is 0.615. The predicted molar refractivity (Wildman–Crippen MR) is 51.1 cm³/mol. The largest absolute Gasteiger partial charge is 0.381 e. The summed E-state index contributed by atoms with van der Waals surface area (Å²) in [6, 6.07) is 0. The van der Waals surface area contributed by atoms with Crippen molar-refractivity contribution in [2.75, 3.05) is 32.1 Å². The molecule has 1 aliphatic heterocycles. The summed E-state index contributed by atoms with van der Waals surface area (Å²) in [5.74, 6) is 0.126. The predicted octanol–water partition coefficient (Wildman–Crippen LogP) is 0.448. The number of hydrogen-bond donors (Lipinski definition) is 0. The van der Waals surface area contributed by atoms with Gasteiger partial charge in [-0.25, -0.2) is 12.7 Å². The molecule has 0 atom stereocenters. The highest BCUT2D eigenvalue weighted by Gasteiger charge is 2.24. The minimum absolute atomic E-state index is 0.126. The van der Waals surface area contributed by atoms with E-state index in [9.17, 15) is 8.42 Å². The minimum Gasteiger partial charge on any atom is -0.381 e. The fraction of sp³-hybridized carbons (Fsp3) is 1.00. The summed E-state index contributed by atoms with van der Waals surface area (Å²) in [7, 11) is -3.02. The SMILES string of the molecule is CCOCCS(=O)(=O)N1CCCC1. The van der Waals surface area contributed by atoms with Crippen molar-refractivity contribution in [1.82, 2.24) is 4.31 Å². The Labute approximate surface area is 79.9 Å². The van der Waals surface area contributed by atoms with Crippen molar-refractivity contribution in [3.63, 3.8) is 0 Å². The smallest absolute Gasteiger partial charge is 0.216 e. The molecule has 78 valence electrons. The van der Waals surface area contributed by atoms with E-state index in [4.69, 9.17) is 4.74 Å². The van der Waals surface area contributed by atoms with Crippen LogP contribution in [0.15, 0.2) is 0 Å². The summed E-state index contributed by atoms with van der Waals surface area (Å²) < 4.78 is 29.7. The topological polar surface area (TPSA) is 46.6 Å². The van der Waals surface area contributed by atoms with Crippen LogP contribution < -0.4 is 0 Å². The van der Waals surface area contributed by atoms with Crippen molar-refractivity contribution < 1.29 is 13.2 Å². The number of rotatable bonds is 5. The molecule has 0 aromatic carbocycles. The number of ether oxygens (including phenoxy) is 1. The van der Waals surface area contributed by atoms with Crippen LogP contribution in [-0.4, -0.2) is 44.8 Å². The molecular weight excluding hydrogens is 190 g/mol. The molecule has 0 spiro atoms. The maximum absolute atomic E-state index is 11.6. The van der Waals surface area contributed by atoms with Gasteiger partial charge in [-0.05, 0) is 19.8 Å². The van der Waals surface area contributed by atoms with E-state index in [1.54, 1.807) is 4.31 Å². The average Bonchev–Trinajstić information content (AvgIpc) is 2.56. The highest BCUT2D eigenvalue weighted by molar-refractivity contribution is 7.89. The first-order valence-corrected chi connectivity index (χ1v) is 6.33. The molecular formula is C8H17NO3S. The molecule has 0 N–H and O–H groups in total. The minimum atomic E-state index is -3.02. The average molecular weight is 207 g/mol. The van der Waals surface area contributed by atoms with Crippen molar-refractivity contribution in [2.45, 2.75) is 19.8 Å². The van der Waals surface area contributed by atoms with Crippen LogP contribution in [0, 0.1) is 0 Å². The van der Waals surface area contributed by atoms with Gasteiger partial charge in [0.2, 0.25) is 10.0 Å². The Morgan fingerprint density at radius 3 is 2.46 bits per heavy atom. The van der Waals surface area contributed by atoms with Gasteiger partial charge in [0.25, 0.3) is 0 Å². The fourth-order valence-electron chi connectivity index (χ4n) is 1.40.